The van der Waals surface area contributed by atoms with Crippen molar-refractivity contribution in [2.75, 3.05) is 0 Å². The highest BCUT2D eigenvalue weighted by Crippen LogP contribution is 2.49. The number of rotatable bonds is 2. The molecule has 0 saturated heterocycles. The maximum atomic E-state index is 6.91. The summed E-state index contributed by atoms with van der Waals surface area (Å²) in [6.45, 7) is 4.81. The van der Waals surface area contributed by atoms with Crippen molar-refractivity contribution in [3.8, 4) is 0 Å². The molecule has 1 aromatic carbocycles. The number of fused-ring (bicyclic) bond motifs is 1. The zero-order chi connectivity index (χ0) is 14.2. The van der Waals surface area contributed by atoms with Gasteiger partial charge in [-0.3, -0.25) is 0 Å². The summed E-state index contributed by atoms with van der Waals surface area (Å²) in [5.41, 5.74) is 4.88. The van der Waals surface area contributed by atoms with E-state index in [2.05, 4.69) is 32.0 Å². The van der Waals surface area contributed by atoms with E-state index in [1.165, 1.54) is 56.9 Å². The Labute approximate surface area is 128 Å². The second-order valence-corrected chi connectivity index (χ2v) is 7.95. The monoisotopic (exact) mass is 290 g/mol. The molecule has 0 aliphatic heterocycles. The Morgan fingerprint density at radius 3 is 2.55 bits per heavy atom. The van der Waals surface area contributed by atoms with Gasteiger partial charge in [0.1, 0.15) is 0 Å². The summed E-state index contributed by atoms with van der Waals surface area (Å²) in [5, 5.41) is 0.192. The Balaban J connectivity index is 1.84. The number of halogens is 1. The van der Waals surface area contributed by atoms with Gasteiger partial charge in [0.15, 0.2) is 0 Å². The molecule has 2 atom stereocenters. The summed E-state index contributed by atoms with van der Waals surface area (Å²) >= 11 is 6.91. The lowest BCUT2D eigenvalue weighted by atomic mass is 9.66. The number of hydrogen-bond acceptors (Lipinski definition) is 0. The van der Waals surface area contributed by atoms with E-state index in [1.807, 2.05) is 0 Å². The predicted molar refractivity (Wildman–Crippen MR) is 87.4 cm³/mol. The molecule has 0 heterocycles. The normalized spacial score (nSPS) is 26.9. The Morgan fingerprint density at radius 2 is 1.80 bits per heavy atom. The van der Waals surface area contributed by atoms with Crippen LogP contribution in [0.5, 0.6) is 0 Å². The quantitative estimate of drug-likeness (QED) is 0.581. The highest BCUT2D eigenvalue weighted by atomic mass is 35.5. The lowest BCUT2D eigenvalue weighted by Gasteiger charge is -2.41. The summed E-state index contributed by atoms with van der Waals surface area (Å²) in [6, 6.07) is 7.05. The van der Waals surface area contributed by atoms with E-state index in [9.17, 15) is 0 Å². The molecule has 0 N–H and O–H groups in total. The first kappa shape index (κ1) is 14.4. The van der Waals surface area contributed by atoms with E-state index in [4.69, 9.17) is 11.6 Å². The molecule has 0 bridgehead atoms. The summed E-state index contributed by atoms with van der Waals surface area (Å²) in [7, 11) is 0. The molecule has 0 aromatic heterocycles. The maximum Gasteiger partial charge on any atom is 0.0618 e. The molecule has 0 radical (unpaired) electrons. The van der Waals surface area contributed by atoms with Crippen molar-refractivity contribution in [3.63, 3.8) is 0 Å². The number of hydrogen-bond donors (Lipinski definition) is 0. The van der Waals surface area contributed by atoms with Crippen LogP contribution in [-0.2, 0) is 12.8 Å². The number of benzene rings is 1. The van der Waals surface area contributed by atoms with Gasteiger partial charge in [0.05, 0.1) is 5.38 Å². The fourth-order valence-corrected chi connectivity index (χ4v) is 4.82. The van der Waals surface area contributed by atoms with E-state index < -0.39 is 0 Å². The van der Waals surface area contributed by atoms with Gasteiger partial charge in [-0.25, -0.2) is 0 Å². The number of aryl methyl sites for hydroxylation is 2. The van der Waals surface area contributed by atoms with Gasteiger partial charge >= 0.3 is 0 Å². The maximum absolute atomic E-state index is 6.91. The molecular formula is C19H27Cl. The van der Waals surface area contributed by atoms with Crippen molar-refractivity contribution in [3.05, 3.63) is 34.9 Å². The number of alkyl halides is 1. The van der Waals surface area contributed by atoms with Crippen LogP contribution in [0.2, 0.25) is 0 Å². The molecule has 2 unspecified atom stereocenters. The van der Waals surface area contributed by atoms with Crippen LogP contribution in [0.3, 0.4) is 0 Å². The van der Waals surface area contributed by atoms with Crippen LogP contribution >= 0.6 is 11.6 Å². The SMILES string of the molecule is CC1(C)CCCCC1C(Cl)c1ccc2c(c1)CCCC2. The van der Waals surface area contributed by atoms with Gasteiger partial charge in [0.2, 0.25) is 0 Å². The second kappa shape index (κ2) is 5.72. The molecule has 2 aliphatic carbocycles. The molecule has 0 amide bonds. The average Bonchev–Trinajstić information content (AvgIpc) is 2.45. The first-order valence-corrected chi connectivity index (χ1v) is 8.77. The Hall–Kier alpha value is -0.490. The van der Waals surface area contributed by atoms with E-state index in [1.54, 1.807) is 11.1 Å². The summed E-state index contributed by atoms with van der Waals surface area (Å²) < 4.78 is 0. The van der Waals surface area contributed by atoms with Crippen molar-refractivity contribution >= 4 is 11.6 Å². The topological polar surface area (TPSA) is 0 Å². The van der Waals surface area contributed by atoms with Crippen LogP contribution in [0.1, 0.15) is 74.4 Å². The third-order valence-corrected chi connectivity index (χ3v) is 6.19. The summed E-state index contributed by atoms with van der Waals surface area (Å²) in [4.78, 5) is 0. The van der Waals surface area contributed by atoms with Crippen LogP contribution < -0.4 is 0 Å². The lowest BCUT2D eigenvalue weighted by Crippen LogP contribution is -2.31. The van der Waals surface area contributed by atoms with Crippen molar-refractivity contribution in [2.45, 2.75) is 70.6 Å². The zero-order valence-corrected chi connectivity index (χ0v) is 13.7. The summed E-state index contributed by atoms with van der Waals surface area (Å²) in [5.74, 6) is 0.625. The van der Waals surface area contributed by atoms with Crippen molar-refractivity contribution < 1.29 is 0 Å². The van der Waals surface area contributed by atoms with Gasteiger partial charge in [-0.15, -0.1) is 11.6 Å². The fourth-order valence-electron chi connectivity index (χ4n) is 4.22. The molecule has 20 heavy (non-hydrogen) atoms. The van der Waals surface area contributed by atoms with Gasteiger partial charge < -0.3 is 0 Å². The predicted octanol–water partition coefficient (Wildman–Crippen LogP) is 6.06. The average molecular weight is 291 g/mol. The van der Waals surface area contributed by atoms with Crippen LogP contribution in [-0.4, -0.2) is 0 Å². The molecular weight excluding hydrogens is 264 g/mol. The highest BCUT2D eigenvalue weighted by Gasteiger charge is 2.37. The molecule has 0 nitrogen and oxygen atoms in total. The molecule has 0 spiro atoms. The van der Waals surface area contributed by atoms with Crippen molar-refractivity contribution in [1.29, 1.82) is 0 Å². The molecule has 3 rings (SSSR count). The van der Waals surface area contributed by atoms with Gasteiger partial charge in [0.25, 0.3) is 0 Å². The Bertz CT molecular complexity index is 475. The second-order valence-electron chi connectivity index (χ2n) is 7.48. The standard InChI is InChI=1S/C19H27Cl/c1-19(2)12-6-5-9-17(19)18(20)16-11-10-14-7-3-4-8-15(14)13-16/h10-11,13,17-18H,3-9,12H2,1-2H3. The van der Waals surface area contributed by atoms with Crippen LogP contribution in [0, 0.1) is 11.3 Å². The lowest BCUT2D eigenvalue weighted by molar-refractivity contribution is 0.133. The van der Waals surface area contributed by atoms with Gasteiger partial charge in [-0.05, 0) is 66.5 Å². The fraction of sp³-hybridized carbons (Fsp3) is 0.684. The molecule has 1 heteroatoms. The third-order valence-electron chi connectivity index (χ3n) is 5.63. The molecule has 1 saturated carbocycles. The van der Waals surface area contributed by atoms with Gasteiger partial charge in [-0.1, -0.05) is 44.9 Å². The largest absolute Gasteiger partial charge is 0.117 e. The Morgan fingerprint density at radius 1 is 1.05 bits per heavy atom. The smallest absolute Gasteiger partial charge is 0.0618 e. The van der Waals surface area contributed by atoms with E-state index in [0.29, 0.717) is 11.3 Å². The highest BCUT2D eigenvalue weighted by molar-refractivity contribution is 6.21. The molecule has 1 fully saturated rings. The molecule has 2 aliphatic rings. The molecule has 1 aromatic rings. The van der Waals surface area contributed by atoms with Crippen molar-refractivity contribution in [1.82, 2.24) is 0 Å². The zero-order valence-electron chi connectivity index (χ0n) is 12.9. The van der Waals surface area contributed by atoms with Gasteiger partial charge in [0, 0.05) is 0 Å². The van der Waals surface area contributed by atoms with Crippen molar-refractivity contribution in [2.24, 2.45) is 11.3 Å². The van der Waals surface area contributed by atoms with Crippen LogP contribution in [0.15, 0.2) is 18.2 Å². The Kier molecular flexibility index (Phi) is 4.13. The van der Waals surface area contributed by atoms with E-state index >= 15 is 0 Å². The van der Waals surface area contributed by atoms with Gasteiger partial charge in [-0.2, -0.15) is 0 Å². The first-order chi connectivity index (χ1) is 9.58. The van der Waals surface area contributed by atoms with E-state index in [-0.39, 0.29) is 5.38 Å². The summed E-state index contributed by atoms with van der Waals surface area (Å²) in [6.07, 6.45) is 10.5. The van der Waals surface area contributed by atoms with E-state index in [0.717, 1.165) is 0 Å². The minimum Gasteiger partial charge on any atom is -0.117 e. The minimum atomic E-state index is 0.192. The first-order valence-electron chi connectivity index (χ1n) is 8.34. The van der Waals surface area contributed by atoms with Crippen LogP contribution in [0.25, 0.3) is 0 Å². The minimum absolute atomic E-state index is 0.192. The third kappa shape index (κ3) is 2.77. The van der Waals surface area contributed by atoms with Crippen LogP contribution in [0.4, 0.5) is 0 Å². The molecule has 110 valence electrons.